The summed E-state index contributed by atoms with van der Waals surface area (Å²) in [4.78, 5) is 3.45. The number of rotatable bonds is 3. The van der Waals surface area contributed by atoms with Crippen LogP contribution in [0.5, 0.6) is 0 Å². The number of hydrogen-bond donors (Lipinski definition) is 1. The van der Waals surface area contributed by atoms with Gasteiger partial charge in [0.2, 0.25) is 0 Å². The standard InChI is InChI=1S/C6H9F3N4/c7-6(8,9)5(1-2-10)13-4-11-3-12-13/h3-5H,1-2,10H2. The summed E-state index contributed by atoms with van der Waals surface area (Å²) in [5.41, 5.74) is 5.07. The van der Waals surface area contributed by atoms with Crippen LogP contribution < -0.4 is 5.73 Å². The normalized spacial score (nSPS) is 14.5. The van der Waals surface area contributed by atoms with E-state index in [2.05, 4.69) is 10.1 Å². The van der Waals surface area contributed by atoms with Gasteiger partial charge in [-0.05, 0) is 13.0 Å². The first-order valence-corrected chi connectivity index (χ1v) is 3.66. The Morgan fingerprint density at radius 1 is 1.46 bits per heavy atom. The van der Waals surface area contributed by atoms with E-state index >= 15 is 0 Å². The Bertz CT molecular complexity index is 243. The van der Waals surface area contributed by atoms with Gasteiger partial charge < -0.3 is 5.73 Å². The van der Waals surface area contributed by atoms with Gasteiger partial charge in [0.15, 0.2) is 6.04 Å². The van der Waals surface area contributed by atoms with Crippen molar-refractivity contribution in [1.82, 2.24) is 14.8 Å². The molecule has 0 saturated carbocycles. The molecule has 2 N–H and O–H groups in total. The number of alkyl halides is 3. The molecule has 1 aromatic rings. The van der Waals surface area contributed by atoms with Gasteiger partial charge in [0.05, 0.1) is 0 Å². The van der Waals surface area contributed by atoms with Gasteiger partial charge in [-0.2, -0.15) is 18.3 Å². The van der Waals surface area contributed by atoms with Crippen LogP contribution in [-0.4, -0.2) is 27.5 Å². The van der Waals surface area contributed by atoms with Gasteiger partial charge in [0.1, 0.15) is 12.7 Å². The summed E-state index contributed by atoms with van der Waals surface area (Å²) in [5.74, 6) is 0. The molecule has 7 heteroatoms. The largest absolute Gasteiger partial charge is 0.410 e. The van der Waals surface area contributed by atoms with E-state index in [9.17, 15) is 13.2 Å². The van der Waals surface area contributed by atoms with E-state index in [4.69, 9.17) is 5.73 Å². The molecule has 13 heavy (non-hydrogen) atoms. The third-order valence-electron chi connectivity index (χ3n) is 1.57. The van der Waals surface area contributed by atoms with Crippen LogP contribution in [0.15, 0.2) is 12.7 Å². The van der Waals surface area contributed by atoms with Gasteiger partial charge >= 0.3 is 6.18 Å². The van der Waals surface area contributed by atoms with Crippen LogP contribution in [0, 0.1) is 0 Å². The van der Waals surface area contributed by atoms with Crippen LogP contribution in [0.3, 0.4) is 0 Å². The van der Waals surface area contributed by atoms with Crippen molar-refractivity contribution >= 4 is 0 Å². The lowest BCUT2D eigenvalue weighted by molar-refractivity contribution is -0.171. The lowest BCUT2D eigenvalue weighted by Gasteiger charge is -2.18. The van der Waals surface area contributed by atoms with Gasteiger partial charge in [0.25, 0.3) is 0 Å². The second kappa shape index (κ2) is 3.73. The number of nitrogens with two attached hydrogens (primary N) is 1. The molecule has 1 atom stereocenters. The van der Waals surface area contributed by atoms with Gasteiger partial charge in [-0.3, -0.25) is 0 Å². The summed E-state index contributed by atoms with van der Waals surface area (Å²) >= 11 is 0. The van der Waals surface area contributed by atoms with Crippen LogP contribution in [0.2, 0.25) is 0 Å². The molecule has 0 aliphatic carbocycles. The molecule has 0 amide bonds. The van der Waals surface area contributed by atoms with Crippen molar-refractivity contribution in [2.45, 2.75) is 18.6 Å². The smallest absolute Gasteiger partial charge is 0.330 e. The molecule has 0 radical (unpaired) electrons. The zero-order valence-corrected chi connectivity index (χ0v) is 6.70. The minimum atomic E-state index is -4.33. The summed E-state index contributed by atoms with van der Waals surface area (Å²) in [6.07, 6.45) is -2.41. The first-order valence-electron chi connectivity index (χ1n) is 3.66. The first-order chi connectivity index (χ1) is 6.05. The van der Waals surface area contributed by atoms with E-state index in [0.717, 1.165) is 17.3 Å². The molecule has 0 aromatic carbocycles. The first kappa shape index (κ1) is 9.97. The van der Waals surface area contributed by atoms with Crippen LogP contribution in [0.25, 0.3) is 0 Å². The molecular weight excluding hydrogens is 185 g/mol. The molecule has 0 fully saturated rings. The lowest BCUT2D eigenvalue weighted by Crippen LogP contribution is -2.29. The summed E-state index contributed by atoms with van der Waals surface area (Å²) in [6.45, 7) is -0.0377. The zero-order chi connectivity index (χ0) is 9.90. The Labute approximate surface area is 72.6 Å². The van der Waals surface area contributed by atoms with E-state index in [1.807, 2.05) is 0 Å². The van der Waals surface area contributed by atoms with Crippen LogP contribution >= 0.6 is 0 Å². The van der Waals surface area contributed by atoms with Gasteiger partial charge in [-0.1, -0.05) is 0 Å². The lowest BCUT2D eigenvalue weighted by atomic mass is 10.2. The second-order valence-corrected chi connectivity index (χ2v) is 2.51. The van der Waals surface area contributed by atoms with E-state index in [1.165, 1.54) is 0 Å². The Balaban J connectivity index is 2.81. The third kappa shape index (κ3) is 2.41. The molecule has 0 aliphatic heterocycles. The Kier molecular flexibility index (Phi) is 2.86. The van der Waals surface area contributed by atoms with Crippen molar-refractivity contribution < 1.29 is 13.2 Å². The highest BCUT2D eigenvalue weighted by molar-refractivity contribution is 4.75. The average molecular weight is 194 g/mol. The Hall–Kier alpha value is -1.11. The predicted octanol–water partition coefficient (Wildman–Crippen LogP) is 0.730. The van der Waals surface area contributed by atoms with Crippen LogP contribution in [0.4, 0.5) is 13.2 Å². The maximum absolute atomic E-state index is 12.3. The summed E-state index contributed by atoms with van der Waals surface area (Å²) in [5, 5.41) is 3.43. The molecule has 74 valence electrons. The highest BCUT2D eigenvalue weighted by Gasteiger charge is 2.40. The van der Waals surface area contributed by atoms with Crippen molar-refractivity contribution in [3.8, 4) is 0 Å². The number of halogens is 3. The Morgan fingerprint density at radius 2 is 2.15 bits per heavy atom. The Morgan fingerprint density at radius 3 is 2.54 bits per heavy atom. The monoisotopic (exact) mass is 194 g/mol. The fraction of sp³-hybridized carbons (Fsp3) is 0.667. The third-order valence-corrected chi connectivity index (χ3v) is 1.57. The van der Waals surface area contributed by atoms with Crippen molar-refractivity contribution in [2.75, 3.05) is 6.54 Å². The second-order valence-electron chi connectivity index (χ2n) is 2.51. The maximum Gasteiger partial charge on any atom is 0.410 e. The van der Waals surface area contributed by atoms with Crippen molar-refractivity contribution in [1.29, 1.82) is 0 Å². The fourth-order valence-electron chi connectivity index (χ4n) is 0.982. The molecule has 1 aromatic heterocycles. The highest BCUT2D eigenvalue weighted by atomic mass is 19.4. The van der Waals surface area contributed by atoms with Crippen LogP contribution in [-0.2, 0) is 0 Å². The average Bonchev–Trinajstić information content (AvgIpc) is 2.49. The van der Waals surface area contributed by atoms with Crippen molar-refractivity contribution in [2.24, 2.45) is 5.73 Å². The van der Waals surface area contributed by atoms with Crippen molar-refractivity contribution in [3.05, 3.63) is 12.7 Å². The topological polar surface area (TPSA) is 56.7 Å². The minimum Gasteiger partial charge on any atom is -0.330 e. The number of aromatic nitrogens is 3. The summed E-state index contributed by atoms with van der Waals surface area (Å²) in [7, 11) is 0. The molecule has 1 rings (SSSR count). The predicted molar refractivity (Wildman–Crippen MR) is 38.8 cm³/mol. The summed E-state index contributed by atoms with van der Waals surface area (Å²) in [6, 6.07) is -1.67. The number of hydrogen-bond acceptors (Lipinski definition) is 3. The quantitative estimate of drug-likeness (QED) is 0.771. The maximum atomic E-state index is 12.3. The van der Waals surface area contributed by atoms with E-state index in [-0.39, 0.29) is 13.0 Å². The van der Waals surface area contributed by atoms with Crippen LogP contribution in [0.1, 0.15) is 12.5 Å². The van der Waals surface area contributed by atoms with Gasteiger partial charge in [-0.15, -0.1) is 0 Å². The molecule has 0 saturated heterocycles. The van der Waals surface area contributed by atoms with Crippen molar-refractivity contribution in [3.63, 3.8) is 0 Å². The van der Waals surface area contributed by atoms with Gasteiger partial charge in [-0.25, -0.2) is 9.67 Å². The molecule has 0 spiro atoms. The molecular formula is C6H9F3N4. The SMILES string of the molecule is NCCC(n1cncn1)C(F)(F)F. The summed E-state index contributed by atoms with van der Waals surface area (Å²) < 4.78 is 37.7. The highest BCUT2D eigenvalue weighted by Crippen LogP contribution is 2.31. The van der Waals surface area contributed by atoms with Gasteiger partial charge in [0, 0.05) is 0 Å². The minimum absolute atomic E-state index is 0.0377. The molecule has 0 aliphatic rings. The molecule has 4 nitrogen and oxygen atoms in total. The van der Waals surface area contributed by atoms with E-state index in [0.29, 0.717) is 0 Å². The molecule has 0 bridgehead atoms. The van der Waals surface area contributed by atoms with E-state index in [1.54, 1.807) is 0 Å². The molecule has 1 heterocycles. The fourth-order valence-corrected chi connectivity index (χ4v) is 0.982. The molecule has 1 unspecified atom stereocenters. The number of nitrogens with zero attached hydrogens (tertiary/aromatic N) is 3. The zero-order valence-electron chi connectivity index (χ0n) is 6.70. The van der Waals surface area contributed by atoms with E-state index < -0.39 is 12.2 Å².